The van der Waals surface area contributed by atoms with Gasteiger partial charge >= 0.3 is 0 Å². The van der Waals surface area contributed by atoms with Crippen molar-refractivity contribution in [2.75, 3.05) is 32.1 Å². The van der Waals surface area contributed by atoms with E-state index < -0.39 is 0 Å². The van der Waals surface area contributed by atoms with Crippen LogP contribution < -0.4 is 5.32 Å². The summed E-state index contributed by atoms with van der Waals surface area (Å²) in [6, 6.07) is 8.54. The molecule has 1 aromatic carbocycles. The van der Waals surface area contributed by atoms with E-state index in [1.807, 2.05) is 11.8 Å². The fourth-order valence-corrected chi connectivity index (χ4v) is 2.62. The SMILES string of the molecule is CCNC(=NCCCCSC)N(C)Cc1ccccc1C. The third-order valence-corrected chi connectivity index (χ3v) is 4.08. The maximum absolute atomic E-state index is 4.73. The summed E-state index contributed by atoms with van der Waals surface area (Å²) in [5.74, 6) is 2.23. The standard InChI is InChI=1S/C17H29N3S/c1-5-18-17(19-12-8-9-13-21-4)20(3)14-16-11-7-6-10-15(16)2/h6-7,10-11H,5,8-9,12-14H2,1-4H3,(H,18,19). The Hall–Kier alpha value is -1.16. The summed E-state index contributed by atoms with van der Waals surface area (Å²) in [5.41, 5.74) is 2.69. The highest BCUT2D eigenvalue weighted by Gasteiger charge is 2.07. The number of aliphatic imine (C=N–C) groups is 1. The number of nitrogens with one attached hydrogen (secondary N) is 1. The van der Waals surface area contributed by atoms with Gasteiger partial charge in [-0.2, -0.15) is 11.8 Å². The number of rotatable bonds is 8. The van der Waals surface area contributed by atoms with Gasteiger partial charge in [0, 0.05) is 26.7 Å². The summed E-state index contributed by atoms with van der Waals surface area (Å²) in [6.07, 6.45) is 4.56. The number of guanidine groups is 1. The lowest BCUT2D eigenvalue weighted by Gasteiger charge is -2.23. The van der Waals surface area contributed by atoms with Gasteiger partial charge in [0.1, 0.15) is 0 Å². The van der Waals surface area contributed by atoms with Crippen molar-refractivity contribution in [2.45, 2.75) is 33.2 Å². The minimum absolute atomic E-state index is 0.892. The van der Waals surface area contributed by atoms with Crippen molar-refractivity contribution >= 4 is 17.7 Å². The molecule has 0 radical (unpaired) electrons. The van der Waals surface area contributed by atoms with Crippen molar-refractivity contribution in [1.29, 1.82) is 0 Å². The first-order valence-corrected chi connectivity index (χ1v) is 9.11. The normalized spacial score (nSPS) is 11.5. The molecular formula is C17H29N3S. The van der Waals surface area contributed by atoms with Crippen LogP contribution in [0.1, 0.15) is 30.9 Å². The van der Waals surface area contributed by atoms with E-state index >= 15 is 0 Å². The lowest BCUT2D eigenvalue weighted by molar-refractivity contribution is 0.475. The number of aryl methyl sites for hydroxylation is 1. The molecular weight excluding hydrogens is 278 g/mol. The maximum atomic E-state index is 4.73. The van der Waals surface area contributed by atoms with E-state index in [1.165, 1.54) is 23.3 Å². The van der Waals surface area contributed by atoms with Gasteiger partial charge in [0.2, 0.25) is 0 Å². The van der Waals surface area contributed by atoms with Crippen LogP contribution in [-0.4, -0.2) is 43.0 Å². The van der Waals surface area contributed by atoms with Crippen LogP contribution in [0.15, 0.2) is 29.3 Å². The number of nitrogens with zero attached hydrogens (tertiary/aromatic N) is 2. The minimum Gasteiger partial charge on any atom is -0.357 e. The fraction of sp³-hybridized carbons (Fsp3) is 0.588. The first-order chi connectivity index (χ1) is 10.2. The van der Waals surface area contributed by atoms with E-state index in [9.17, 15) is 0 Å². The Balaban J connectivity index is 2.58. The van der Waals surface area contributed by atoms with Crippen molar-refractivity contribution < 1.29 is 0 Å². The molecule has 4 heteroatoms. The number of unbranched alkanes of at least 4 members (excludes halogenated alkanes) is 1. The van der Waals surface area contributed by atoms with Crippen LogP contribution in [0.4, 0.5) is 0 Å². The van der Waals surface area contributed by atoms with Crippen molar-refractivity contribution in [2.24, 2.45) is 4.99 Å². The van der Waals surface area contributed by atoms with Crippen LogP contribution >= 0.6 is 11.8 Å². The third-order valence-electron chi connectivity index (χ3n) is 3.38. The van der Waals surface area contributed by atoms with Gasteiger partial charge in [0.15, 0.2) is 5.96 Å². The van der Waals surface area contributed by atoms with Crippen LogP contribution in [0.2, 0.25) is 0 Å². The van der Waals surface area contributed by atoms with E-state index in [2.05, 4.69) is 61.6 Å². The van der Waals surface area contributed by atoms with Gasteiger partial charge in [0.25, 0.3) is 0 Å². The van der Waals surface area contributed by atoms with Gasteiger partial charge in [-0.05, 0) is 49.8 Å². The van der Waals surface area contributed by atoms with Crippen LogP contribution in [-0.2, 0) is 6.54 Å². The average Bonchev–Trinajstić information content (AvgIpc) is 2.48. The molecule has 0 aromatic heterocycles. The van der Waals surface area contributed by atoms with Crippen LogP contribution in [0.5, 0.6) is 0 Å². The van der Waals surface area contributed by atoms with Crippen molar-refractivity contribution in [3.8, 4) is 0 Å². The molecule has 0 atom stereocenters. The molecule has 0 bridgehead atoms. The zero-order valence-corrected chi connectivity index (χ0v) is 14.7. The van der Waals surface area contributed by atoms with E-state index in [4.69, 9.17) is 4.99 Å². The molecule has 0 heterocycles. The van der Waals surface area contributed by atoms with E-state index in [0.29, 0.717) is 0 Å². The Morgan fingerprint density at radius 1 is 1.29 bits per heavy atom. The van der Waals surface area contributed by atoms with Gasteiger partial charge in [0.05, 0.1) is 0 Å². The molecule has 0 spiro atoms. The minimum atomic E-state index is 0.892. The molecule has 0 fully saturated rings. The maximum Gasteiger partial charge on any atom is 0.193 e. The summed E-state index contributed by atoms with van der Waals surface area (Å²) in [6.45, 7) is 6.98. The van der Waals surface area contributed by atoms with Gasteiger partial charge in [-0.1, -0.05) is 24.3 Å². The zero-order chi connectivity index (χ0) is 15.5. The van der Waals surface area contributed by atoms with Gasteiger partial charge in [-0.15, -0.1) is 0 Å². The predicted molar refractivity (Wildman–Crippen MR) is 96.2 cm³/mol. The predicted octanol–water partition coefficient (Wildman–Crippen LogP) is 3.54. The number of hydrogen-bond acceptors (Lipinski definition) is 2. The molecule has 0 aliphatic carbocycles. The lowest BCUT2D eigenvalue weighted by atomic mass is 10.1. The largest absolute Gasteiger partial charge is 0.357 e. The summed E-state index contributed by atoms with van der Waals surface area (Å²) in [5, 5.41) is 3.38. The highest BCUT2D eigenvalue weighted by molar-refractivity contribution is 7.98. The zero-order valence-electron chi connectivity index (χ0n) is 13.9. The molecule has 0 unspecified atom stereocenters. The Morgan fingerprint density at radius 2 is 2.05 bits per heavy atom. The molecule has 1 aromatic rings. The Morgan fingerprint density at radius 3 is 2.71 bits per heavy atom. The molecule has 0 saturated carbocycles. The summed E-state index contributed by atoms with van der Waals surface area (Å²) >= 11 is 1.91. The van der Waals surface area contributed by atoms with Gasteiger partial charge in [-0.25, -0.2) is 0 Å². The number of benzene rings is 1. The summed E-state index contributed by atoms with van der Waals surface area (Å²) < 4.78 is 0. The fourth-order valence-electron chi connectivity index (χ4n) is 2.13. The molecule has 21 heavy (non-hydrogen) atoms. The second-order valence-electron chi connectivity index (χ2n) is 5.22. The summed E-state index contributed by atoms with van der Waals surface area (Å²) in [4.78, 5) is 6.94. The molecule has 0 aliphatic heterocycles. The highest BCUT2D eigenvalue weighted by atomic mass is 32.2. The second kappa shape index (κ2) is 10.6. The molecule has 0 saturated heterocycles. The first kappa shape index (κ1) is 17.9. The number of hydrogen-bond donors (Lipinski definition) is 1. The van der Waals surface area contributed by atoms with Gasteiger partial charge < -0.3 is 10.2 Å². The van der Waals surface area contributed by atoms with Crippen LogP contribution in [0.3, 0.4) is 0 Å². The smallest absolute Gasteiger partial charge is 0.193 e. The Labute approximate surface area is 134 Å². The molecule has 118 valence electrons. The van der Waals surface area contributed by atoms with Crippen molar-refractivity contribution in [3.05, 3.63) is 35.4 Å². The average molecular weight is 308 g/mol. The Kier molecular flexibility index (Phi) is 8.99. The Bertz CT molecular complexity index is 432. The molecule has 0 aliphatic rings. The van der Waals surface area contributed by atoms with E-state index in [1.54, 1.807) is 0 Å². The number of thioether (sulfide) groups is 1. The monoisotopic (exact) mass is 307 g/mol. The summed E-state index contributed by atoms with van der Waals surface area (Å²) in [7, 11) is 2.11. The van der Waals surface area contributed by atoms with Crippen molar-refractivity contribution in [1.82, 2.24) is 10.2 Å². The molecule has 3 nitrogen and oxygen atoms in total. The van der Waals surface area contributed by atoms with Crippen LogP contribution in [0, 0.1) is 6.92 Å². The quantitative estimate of drug-likeness (QED) is 0.452. The highest BCUT2D eigenvalue weighted by Crippen LogP contribution is 2.09. The second-order valence-corrected chi connectivity index (χ2v) is 6.20. The topological polar surface area (TPSA) is 27.6 Å². The van der Waals surface area contributed by atoms with Crippen molar-refractivity contribution in [3.63, 3.8) is 0 Å². The van der Waals surface area contributed by atoms with Gasteiger partial charge in [-0.3, -0.25) is 4.99 Å². The van der Waals surface area contributed by atoms with E-state index in [-0.39, 0.29) is 0 Å². The molecule has 1 rings (SSSR count). The molecule has 0 amide bonds. The third kappa shape index (κ3) is 6.89. The molecule has 1 N–H and O–H groups in total. The lowest BCUT2D eigenvalue weighted by Crippen LogP contribution is -2.38. The first-order valence-electron chi connectivity index (χ1n) is 7.72. The van der Waals surface area contributed by atoms with E-state index in [0.717, 1.165) is 32.0 Å². The van der Waals surface area contributed by atoms with Crippen LogP contribution in [0.25, 0.3) is 0 Å².